The van der Waals surface area contributed by atoms with Gasteiger partial charge in [-0.25, -0.2) is 28.7 Å². The SMILES string of the molecule is Nc1ncnc2c1ncn2[C@@H]1C[C@@H]2COP(O)(=S)O[C@@H]3[C@H](O)[C@@H](COP(O)(=S)O[C@H]2[C@H]1F)O[C@H]3n1cc(F)c2c(=O)[nH]cnc21. The smallest absolute Gasteiger partial charge is 0.325 e. The summed E-state index contributed by atoms with van der Waals surface area (Å²) in [7, 11) is 0. The van der Waals surface area contributed by atoms with Gasteiger partial charge in [-0.15, -0.1) is 0 Å². The van der Waals surface area contributed by atoms with Crippen LogP contribution in [0.25, 0.3) is 22.2 Å². The number of H-pyrrole nitrogens is 1. The van der Waals surface area contributed by atoms with E-state index in [1.807, 2.05) is 0 Å². The van der Waals surface area contributed by atoms with Crippen molar-refractivity contribution in [1.82, 2.24) is 34.1 Å². The number of nitrogens with two attached hydrogens (primary N) is 1. The summed E-state index contributed by atoms with van der Waals surface area (Å²) in [6.07, 6.45) is -4.48. The molecule has 242 valence electrons. The number of halogens is 2. The van der Waals surface area contributed by atoms with Crippen LogP contribution in [0.15, 0.2) is 30.0 Å². The molecule has 0 amide bonds. The molecule has 10 atom stereocenters. The van der Waals surface area contributed by atoms with Crippen molar-refractivity contribution in [3.63, 3.8) is 0 Å². The molecule has 17 nitrogen and oxygen atoms in total. The summed E-state index contributed by atoms with van der Waals surface area (Å²) in [6.45, 7) is -9.47. The number of nitrogens with one attached hydrogen (secondary N) is 1. The van der Waals surface area contributed by atoms with E-state index in [1.54, 1.807) is 0 Å². The molecular formula is C22H24F2N8O9P2S2. The number of ether oxygens (including phenoxy) is 1. The lowest BCUT2D eigenvalue weighted by Gasteiger charge is -2.28. The summed E-state index contributed by atoms with van der Waals surface area (Å²) in [5.74, 6) is -1.69. The van der Waals surface area contributed by atoms with Crippen molar-refractivity contribution >= 4 is 65.1 Å². The number of alkyl halides is 1. The van der Waals surface area contributed by atoms with Crippen LogP contribution in [-0.2, 0) is 46.4 Å². The minimum atomic E-state index is -4.24. The minimum absolute atomic E-state index is 0.0289. The summed E-state index contributed by atoms with van der Waals surface area (Å²) >= 11 is 10.4. The van der Waals surface area contributed by atoms with E-state index in [1.165, 1.54) is 17.2 Å². The van der Waals surface area contributed by atoms with Gasteiger partial charge in [0.1, 0.15) is 47.8 Å². The highest BCUT2D eigenvalue weighted by molar-refractivity contribution is 8.07. The maximum Gasteiger partial charge on any atom is 0.325 e. The van der Waals surface area contributed by atoms with E-state index >= 15 is 4.39 Å². The fourth-order valence-electron chi connectivity index (χ4n) is 5.90. The van der Waals surface area contributed by atoms with Crippen LogP contribution in [0.5, 0.6) is 0 Å². The topological polar surface area (TPSA) is 227 Å². The van der Waals surface area contributed by atoms with E-state index in [4.69, 9.17) is 52.2 Å². The fraction of sp³-hybridized carbons (Fsp3) is 0.500. The van der Waals surface area contributed by atoms with Gasteiger partial charge in [0.25, 0.3) is 5.56 Å². The Morgan fingerprint density at radius 2 is 1.78 bits per heavy atom. The number of imidazole rings is 1. The third-order valence-corrected chi connectivity index (χ3v) is 11.1. The molecule has 45 heavy (non-hydrogen) atoms. The van der Waals surface area contributed by atoms with Crippen molar-refractivity contribution in [3.8, 4) is 0 Å². The second kappa shape index (κ2) is 11.4. The van der Waals surface area contributed by atoms with Crippen LogP contribution in [0.1, 0.15) is 18.7 Å². The van der Waals surface area contributed by atoms with Crippen LogP contribution in [0.4, 0.5) is 14.6 Å². The van der Waals surface area contributed by atoms with E-state index in [2.05, 4.69) is 24.9 Å². The standard InChI is InChI=1S/C22H24F2N8O9P2S2/c23-9-2-31(19-12(9)21(34)29-6-27-19)22-17-15(33)11(39-22)4-38-43(36,45)40-16-8(3-37-42(35,44)41-17)1-10(13(16)24)32-7-30-14-18(25)26-5-28-20(14)32/h2,5-8,10-11,13,15-17,22,33H,1,3-4H2,(H,35,44)(H,36,45)(H2,25,26,28)(H,27,29,34)/t8-,10-,11-,13+,15-,16-,17-,22-,42?,43?/m1/s1. The lowest BCUT2D eigenvalue weighted by Crippen LogP contribution is -2.35. The number of nitrogen functional groups attached to an aromatic ring is 1. The number of anilines is 1. The van der Waals surface area contributed by atoms with Gasteiger partial charge in [0.2, 0.25) is 0 Å². The minimum Gasteiger partial charge on any atom is -0.387 e. The van der Waals surface area contributed by atoms with E-state index in [9.17, 15) is 24.1 Å². The molecule has 4 aromatic heterocycles. The maximum atomic E-state index is 16.1. The molecule has 2 saturated heterocycles. The van der Waals surface area contributed by atoms with E-state index in [0.29, 0.717) is 0 Å². The highest BCUT2D eigenvalue weighted by Crippen LogP contribution is 2.55. The van der Waals surface area contributed by atoms with Gasteiger partial charge in [-0.2, -0.15) is 0 Å². The Balaban J connectivity index is 1.21. The molecule has 1 aliphatic carbocycles. The first-order valence-corrected chi connectivity index (χ1v) is 18.5. The van der Waals surface area contributed by atoms with Crippen LogP contribution in [0.2, 0.25) is 0 Å². The summed E-state index contributed by atoms with van der Waals surface area (Å²) in [5.41, 5.74) is 5.49. The average Bonchev–Trinajstić information content (AvgIpc) is 3.71. The van der Waals surface area contributed by atoms with Crippen LogP contribution in [-0.4, -0.2) is 92.7 Å². The Labute approximate surface area is 260 Å². The quantitative estimate of drug-likeness (QED) is 0.181. The van der Waals surface area contributed by atoms with E-state index in [-0.39, 0.29) is 34.4 Å². The predicted molar refractivity (Wildman–Crippen MR) is 157 cm³/mol. The van der Waals surface area contributed by atoms with Crippen LogP contribution < -0.4 is 11.3 Å². The van der Waals surface area contributed by atoms with Gasteiger partial charge < -0.3 is 53.1 Å². The third-order valence-electron chi connectivity index (χ3n) is 7.95. The van der Waals surface area contributed by atoms with Crippen molar-refractivity contribution in [1.29, 1.82) is 0 Å². The number of aromatic amines is 1. The first kappa shape index (κ1) is 31.2. The summed E-state index contributed by atoms with van der Waals surface area (Å²) in [5, 5.41) is 10.7. The molecule has 2 aliphatic heterocycles. The predicted octanol–water partition coefficient (Wildman–Crippen LogP) is 0.694. The first-order valence-electron chi connectivity index (χ1n) is 13.3. The molecule has 2 bridgehead atoms. The van der Waals surface area contributed by atoms with Crippen molar-refractivity contribution in [3.05, 3.63) is 41.3 Å². The van der Waals surface area contributed by atoms with Gasteiger partial charge in [0.15, 0.2) is 29.2 Å². The lowest BCUT2D eigenvalue weighted by molar-refractivity contribution is -0.0525. The zero-order valence-electron chi connectivity index (χ0n) is 22.6. The van der Waals surface area contributed by atoms with Crippen LogP contribution >= 0.6 is 13.4 Å². The first-order chi connectivity index (χ1) is 21.3. The molecule has 0 radical (unpaired) electrons. The molecule has 3 fully saturated rings. The average molecular weight is 709 g/mol. The second-order valence-electron chi connectivity index (χ2n) is 10.6. The Kier molecular flexibility index (Phi) is 7.90. The number of aliphatic hydroxyl groups is 1. The van der Waals surface area contributed by atoms with Crippen LogP contribution in [0, 0.1) is 11.7 Å². The maximum absolute atomic E-state index is 16.1. The van der Waals surface area contributed by atoms with Crippen molar-refractivity contribution in [2.45, 2.75) is 49.3 Å². The second-order valence-corrected chi connectivity index (χ2v) is 16.2. The number of hydrogen-bond acceptors (Lipinski definition) is 14. The monoisotopic (exact) mass is 708 g/mol. The van der Waals surface area contributed by atoms with Gasteiger partial charge in [0.05, 0.1) is 31.9 Å². The van der Waals surface area contributed by atoms with Crippen LogP contribution in [0.3, 0.4) is 0 Å². The Hall–Kier alpha value is -2.39. The van der Waals surface area contributed by atoms with Gasteiger partial charge in [-0.05, 0) is 30.0 Å². The third kappa shape index (κ3) is 5.53. The van der Waals surface area contributed by atoms with Crippen molar-refractivity contribution in [2.75, 3.05) is 18.9 Å². The van der Waals surface area contributed by atoms with E-state index < -0.39 is 86.8 Å². The Morgan fingerprint density at radius 1 is 1.04 bits per heavy atom. The highest BCUT2D eigenvalue weighted by atomic mass is 32.5. The molecule has 0 spiro atoms. The van der Waals surface area contributed by atoms with Gasteiger partial charge in [0, 0.05) is 12.1 Å². The number of nitrogens with zero attached hydrogens (tertiary/aromatic N) is 6. The molecule has 23 heteroatoms. The normalized spacial score (nSPS) is 37.7. The van der Waals surface area contributed by atoms with Gasteiger partial charge in [-0.1, -0.05) is 0 Å². The number of fused-ring (bicyclic) bond motifs is 5. The molecule has 2 unspecified atom stereocenters. The highest BCUT2D eigenvalue weighted by Gasteiger charge is 2.52. The summed E-state index contributed by atoms with van der Waals surface area (Å²) in [4.78, 5) is 52.8. The molecule has 6 N–H and O–H groups in total. The number of aromatic nitrogens is 7. The molecule has 6 heterocycles. The zero-order chi connectivity index (χ0) is 31.8. The number of rotatable bonds is 2. The summed E-state index contributed by atoms with van der Waals surface area (Å²) < 4.78 is 61.9. The van der Waals surface area contributed by atoms with Gasteiger partial charge in [-0.3, -0.25) is 9.32 Å². The Bertz CT molecular complexity index is 1950. The lowest BCUT2D eigenvalue weighted by atomic mass is 10.1. The Morgan fingerprint density at radius 3 is 2.56 bits per heavy atom. The zero-order valence-corrected chi connectivity index (χ0v) is 26.0. The van der Waals surface area contributed by atoms with Crippen molar-refractivity contribution < 1.29 is 46.5 Å². The number of hydrogen-bond donors (Lipinski definition) is 5. The molecular weight excluding hydrogens is 684 g/mol. The molecule has 1 saturated carbocycles. The largest absolute Gasteiger partial charge is 0.387 e. The van der Waals surface area contributed by atoms with Gasteiger partial charge >= 0.3 is 13.4 Å². The fourth-order valence-corrected chi connectivity index (χ4v) is 8.83. The molecule has 0 aromatic carbocycles. The molecule has 3 aliphatic rings. The molecule has 7 rings (SSSR count). The van der Waals surface area contributed by atoms with Crippen molar-refractivity contribution in [2.24, 2.45) is 5.92 Å². The number of aliphatic hydroxyl groups excluding tert-OH is 1. The molecule has 4 aromatic rings. The van der Waals surface area contributed by atoms with E-state index in [0.717, 1.165) is 17.1 Å². The summed E-state index contributed by atoms with van der Waals surface area (Å²) in [6, 6.07) is -0.943.